The molecule has 2 heterocycles. The third kappa shape index (κ3) is 3.63. The number of carbonyl (C=O) groups is 2. The van der Waals surface area contributed by atoms with Gasteiger partial charge in [-0.2, -0.15) is 0 Å². The molecule has 3 rings (SSSR count). The topological polar surface area (TPSA) is 95.4 Å². The van der Waals surface area contributed by atoms with E-state index in [1.54, 1.807) is 0 Å². The highest BCUT2D eigenvalue weighted by Crippen LogP contribution is 2.29. The predicted octanol–water partition coefficient (Wildman–Crippen LogP) is 2.10. The van der Waals surface area contributed by atoms with E-state index in [2.05, 4.69) is 15.3 Å². The molecular weight excluding hydrogens is 328 g/mol. The van der Waals surface area contributed by atoms with Gasteiger partial charge in [0.25, 0.3) is 0 Å². The molecule has 130 valence electrons. The summed E-state index contributed by atoms with van der Waals surface area (Å²) in [6.45, 7) is 1.29. The standard InChI is InChI=1S/C16H22N4O3S/c1-24-16-18-8-12(15(22)23)14(19-16)17-7-10-6-13(21)20(9-10)11-4-2-3-5-11/h8,10-11H,2-7,9H2,1H3,(H,22,23)(H,17,18,19). The van der Waals surface area contributed by atoms with Crippen LogP contribution in [0.4, 0.5) is 5.82 Å². The van der Waals surface area contributed by atoms with Crippen molar-refractivity contribution in [3.05, 3.63) is 11.8 Å². The van der Waals surface area contributed by atoms with Crippen molar-refractivity contribution in [1.82, 2.24) is 14.9 Å². The summed E-state index contributed by atoms with van der Waals surface area (Å²) in [5, 5.41) is 12.9. The Morgan fingerprint density at radius 1 is 1.46 bits per heavy atom. The van der Waals surface area contributed by atoms with Gasteiger partial charge in [0.2, 0.25) is 5.91 Å². The first-order chi connectivity index (χ1) is 11.6. The van der Waals surface area contributed by atoms with Crippen molar-refractivity contribution in [3.63, 3.8) is 0 Å². The van der Waals surface area contributed by atoms with E-state index in [1.165, 1.54) is 30.8 Å². The number of hydrogen-bond donors (Lipinski definition) is 2. The van der Waals surface area contributed by atoms with Crippen molar-refractivity contribution >= 4 is 29.5 Å². The number of aromatic carboxylic acids is 1. The Bertz CT molecular complexity index is 634. The molecule has 1 aromatic rings. The van der Waals surface area contributed by atoms with Gasteiger partial charge < -0.3 is 15.3 Å². The molecule has 1 saturated carbocycles. The first-order valence-corrected chi connectivity index (χ1v) is 9.48. The smallest absolute Gasteiger partial charge is 0.341 e. The second-order valence-corrected chi connectivity index (χ2v) is 7.13. The quantitative estimate of drug-likeness (QED) is 0.599. The van der Waals surface area contributed by atoms with Crippen LogP contribution in [-0.4, -0.2) is 57.2 Å². The monoisotopic (exact) mass is 350 g/mol. The lowest BCUT2D eigenvalue weighted by atomic mass is 10.1. The Kier molecular flexibility index (Phi) is 5.23. The maximum atomic E-state index is 12.2. The molecule has 0 spiro atoms. The first-order valence-electron chi connectivity index (χ1n) is 8.26. The summed E-state index contributed by atoms with van der Waals surface area (Å²) in [6.07, 6.45) is 8.32. The number of carbonyl (C=O) groups excluding carboxylic acids is 1. The zero-order valence-electron chi connectivity index (χ0n) is 13.7. The summed E-state index contributed by atoms with van der Waals surface area (Å²) >= 11 is 1.36. The summed E-state index contributed by atoms with van der Waals surface area (Å²) in [4.78, 5) is 33.8. The SMILES string of the molecule is CSc1ncc(C(=O)O)c(NCC2CC(=O)N(C3CCCC3)C2)n1. The summed E-state index contributed by atoms with van der Waals surface area (Å²) in [5.41, 5.74) is 0.0600. The van der Waals surface area contributed by atoms with E-state index in [0.29, 0.717) is 30.0 Å². The van der Waals surface area contributed by atoms with Gasteiger partial charge >= 0.3 is 5.97 Å². The Morgan fingerprint density at radius 3 is 2.88 bits per heavy atom. The number of hydrogen-bond acceptors (Lipinski definition) is 6. The number of rotatable bonds is 6. The molecule has 0 radical (unpaired) electrons. The van der Waals surface area contributed by atoms with Gasteiger partial charge in [-0.1, -0.05) is 24.6 Å². The number of carboxylic acids is 1. The maximum absolute atomic E-state index is 12.2. The number of aromatic nitrogens is 2. The van der Waals surface area contributed by atoms with Crippen LogP contribution in [-0.2, 0) is 4.79 Å². The predicted molar refractivity (Wildman–Crippen MR) is 91.3 cm³/mol. The third-order valence-electron chi connectivity index (χ3n) is 4.74. The van der Waals surface area contributed by atoms with E-state index in [0.717, 1.165) is 19.4 Å². The fourth-order valence-corrected chi connectivity index (χ4v) is 3.85. The van der Waals surface area contributed by atoms with Crippen molar-refractivity contribution in [2.75, 3.05) is 24.7 Å². The molecule has 1 aliphatic heterocycles. The van der Waals surface area contributed by atoms with Gasteiger partial charge in [0.05, 0.1) is 0 Å². The van der Waals surface area contributed by atoms with Crippen LogP contribution in [0.15, 0.2) is 11.4 Å². The lowest BCUT2D eigenvalue weighted by Crippen LogP contribution is -2.35. The van der Waals surface area contributed by atoms with Gasteiger partial charge in [0, 0.05) is 37.7 Å². The van der Waals surface area contributed by atoms with Crippen molar-refractivity contribution in [1.29, 1.82) is 0 Å². The van der Waals surface area contributed by atoms with Crippen LogP contribution in [0.2, 0.25) is 0 Å². The van der Waals surface area contributed by atoms with Crippen molar-refractivity contribution < 1.29 is 14.7 Å². The molecule has 2 fully saturated rings. The molecule has 2 aliphatic rings. The lowest BCUT2D eigenvalue weighted by molar-refractivity contribution is -0.129. The van der Waals surface area contributed by atoms with Crippen LogP contribution in [0.25, 0.3) is 0 Å². The summed E-state index contributed by atoms with van der Waals surface area (Å²) < 4.78 is 0. The highest BCUT2D eigenvalue weighted by molar-refractivity contribution is 7.98. The number of likely N-dealkylation sites (tertiary alicyclic amines) is 1. The Morgan fingerprint density at radius 2 is 2.21 bits per heavy atom. The van der Waals surface area contributed by atoms with E-state index < -0.39 is 5.97 Å². The van der Waals surface area contributed by atoms with Crippen LogP contribution in [0.3, 0.4) is 0 Å². The molecule has 7 nitrogen and oxygen atoms in total. The van der Waals surface area contributed by atoms with E-state index in [-0.39, 0.29) is 17.4 Å². The summed E-state index contributed by atoms with van der Waals surface area (Å²) in [5.74, 6) is -0.319. The van der Waals surface area contributed by atoms with E-state index in [1.807, 2.05) is 11.2 Å². The van der Waals surface area contributed by atoms with Gasteiger partial charge in [-0.05, 0) is 19.1 Å². The maximum Gasteiger partial charge on any atom is 0.341 e. The highest BCUT2D eigenvalue weighted by atomic mass is 32.2. The van der Waals surface area contributed by atoms with E-state index in [9.17, 15) is 14.7 Å². The van der Waals surface area contributed by atoms with Crippen LogP contribution < -0.4 is 5.32 Å². The van der Waals surface area contributed by atoms with Crippen LogP contribution in [0, 0.1) is 5.92 Å². The number of amides is 1. The van der Waals surface area contributed by atoms with E-state index in [4.69, 9.17) is 0 Å². The largest absolute Gasteiger partial charge is 0.477 e. The zero-order chi connectivity index (χ0) is 17.1. The zero-order valence-corrected chi connectivity index (χ0v) is 14.5. The van der Waals surface area contributed by atoms with Crippen molar-refractivity contribution in [2.24, 2.45) is 5.92 Å². The Hall–Kier alpha value is -1.83. The molecule has 0 bridgehead atoms. The molecule has 2 N–H and O–H groups in total. The summed E-state index contributed by atoms with van der Waals surface area (Å²) in [6, 6.07) is 0.402. The van der Waals surface area contributed by atoms with Gasteiger partial charge in [-0.25, -0.2) is 14.8 Å². The number of carboxylic acid groups (broad SMARTS) is 1. The van der Waals surface area contributed by atoms with Crippen LogP contribution in [0.5, 0.6) is 0 Å². The highest BCUT2D eigenvalue weighted by Gasteiger charge is 2.35. The van der Waals surface area contributed by atoms with Crippen LogP contribution in [0.1, 0.15) is 42.5 Å². The summed E-state index contributed by atoms with van der Waals surface area (Å²) in [7, 11) is 0. The average Bonchev–Trinajstić information content (AvgIpc) is 3.21. The van der Waals surface area contributed by atoms with Gasteiger partial charge in [0.1, 0.15) is 11.4 Å². The molecule has 24 heavy (non-hydrogen) atoms. The lowest BCUT2D eigenvalue weighted by Gasteiger charge is -2.24. The Labute approximate surface area is 145 Å². The van der Waals surface area contributed by atoms with Crippen LogP contribution >= 0.6 is 11.8 Å². The molecular formula is C16H22N4O3S. The third-order valence-corrected chi connectivity index (χ3v) is 5.30. The normalized spacial score (nSPS) is 21.5. The fourth-order valence-electron chi connectivity index (χ4n) is 3.51. The molecule has 1 atom stereocenters. The number of thioether (sulfide) groups is 1. The number of anilines is 1. The number of nitrogens with zero attached hydrogens (tertiary/aromatic N) is 3. The van der Waals surface area contributed by atoms with Gasteiger partial charge in [-0.3, -0.25) is 4.79 Å². The van der Waals surface area contributed by atoms with E-state index >= 15 is 0 Å². The van der Waals surface area contributed by atoms with Crippen molar-refractivity contribution in [2.45, 2.75) is 43.3 Å². The average molecular weight is 350 g/mol. The first kappa shape index (κ1) is 17.0. The molecule has 1 aliphatic carbocycles. The molecule has 1 amide bonds. The molecule has 0 aromatic carbocycles. The minimum Gasteiger partial charge on any atom is -0.477 e. The number of nitrogens with one attached hydrogen (secondary N) is 1. The molecule has 1 aromatic heterocycles. The molecule has 1 unspecified atom stereocenters. The molecule has 1 saturated heterocycles. The molecule has 8 heteroatoms. The second-order valence-electron chi connectivity index (χ2n) is 6.36. The van der Waals surface area contributed by atoms with Crippen molar-refractivity contribution in [3.8, 4) is 0 Å². The Balaban J connectivity index is 1.63. The fraction of sp³-hybridized carbons (Fsp3) is 0.625. The van der Waals surface area contributed by atoms with Gasteiger partial charge in [0.15, 0.2) is 5.16 Å². The minimum absolute atomic E-state index is 0.0600. The van der Waals surface area contributed by atoms with Gasteiger partial charge in [-0.15, -0.1) is 0 Å². The second kappa shape index (κ2) is 7.38. The minimum atomic E-state index is -1.06.